The van der Waals surface area contributed by atoms with E-state index in [9.17, 15) is 0 Å². The number of para-hydroxylation sites is 1. The molecule has 20 heavy (non-hydrogen) atoms. The Morgan fingerprint density at radius 2 is 1.85 bits per heavy atom. The minimum Gasteiger partial charge on any atom is -0.371 e. The van der Waals surface area contributed by atoms with Crippen molar-refractivity contribution in [3.8, 4) is 0 Å². The summed E-state index contributed by atoms with van der Waals surface area (Å²) in [6.45, 7) is 6.14. The van der Waals surface area contributed by atoms with Gasteiger partial charge in [-0.3, -0.25) is 4.90 Å². The van der Waals surface area contributed by atoms with Crippen LogP contribution >= 0.6 is 0 Å². The molecule has 0 radical (unpaired) electrons. The number of benzene rings is 1. The normalized spacial score (nSPS) is 19.1. The summed E-state index contributed by atoms with van der Waals surface area (Å²) in [5, 5.41) is 0. The lowest BCUT2D eigenvalue weighted by Gasteiger charge is -2.31. The fourth-order valence-electron chi connectivity index (χ4n) is 3.37. The molecule has 3 rings (SSSR count). The molecule has 1 aromatic carbocycles. The average Bonchev–Trinajstić information content (AvgIpc) is 2.53. The minimum absolute atomic E-state index is 1.16. The summed E-state index contributed by atoms with van der Waals surface area (Å²) < 4.78 is 0. The van der Waals surface area contributed by atoms with Crippen LogP contribution in [0.5, 0.6) is 0 Å². The molecule has 0 aromatic heterocycles. The number of nitrogens with zero attached hydrogens (tertiary/aromatic N) is 2. The van der Waals surface area contributed by atoms with Crippen molar-refractivity contribution < 1.29 is 0 Å². The molecule has 0 saturated carbocycles. The lowest BCUT2D eigenvalue weighted by Crippen LogP contribution is -2.32. The van der Waals surface area contributed by atoms with Gasteiger partial charge in [0.25, 0.3) is 0 Å². The second kappa shape index (κ2) is 6.94. The first-order valence-electron chi connectivity index (χ1n) is 8.14. The highest BCUT2D eigenvalue weighted by Gasteiger charge is 2.15. The summed E-state index contributed by atoms with van der Waals surface area (Å²) in [4.78, 5) is 5.17. The Morgan fingerprint density at radius 3 is 2.75 bits per heavy atom. The van der Waals surface area contributed by atoms with Gasteiger partial charge in [0, 0.05) is 31.9 Å². The third-order valence-corrected chi connectivity index (χ3v) is 4.50. The lowest BCUT2D eigenvalue weighted by molar-refractivity contribution is 0.292. The van der Waals surface area contributed by atoms with Gasteiger partial charge in [-0.05, 0) is 50.3 Å². The number of anilines is 1. The van der Waals surface area contributed by atoms with Crippen molar-refractivity contribution >= 4 is 5.69 Å². The quantitative estimate of drug-likeness (QED) is 0.597. The first-order chi connectivity index (χ1) is 9.93. The maximum absolute atomic E-state index is 2.59. The molecule has 108 valence electrons. The zero-order valence-electron chi connectivity index (χ0n) is 12.4. The van der Waals surface area contributed by atoms with E-state index in [1.165, 1.54) is 64.0 Å². The Kier molecular flexibility index (Phi) is 4.75. The molecule has 0 unspecified atom stereocenters. The van der Waals surface area contributed by atoms with Crippen LogP contribution in [0.25, 0.3) is 0 Å². The highest BCUT2D eigenvalue weighted by molar-refractivity contribution is 5.55. The Bertz CT molecular complexity index is 452. The van der Waals surface area contributed by atoms with Crippen LogP contribution in [0.3, 0.4) is 0 Å². The first-order valence-corrected chi connectivity index (χ1v) is 8.14. The molecular formula is C18H26N2. The highest BCUT2D eigenvalue weighted by atomic mass is 15.1. The number of hydrogen-bond donors (Lipinski definition) is 0. The van der Waals surface area contributed by atoms with Gasteiger partial charge in [0.15, 0.2) is 0 Å². The standard InChI is InChI=1S/C18H26N2/c1-4-12-19(13-5-1)14-6-7-15-20-16-8-10-17-9-2-3-11-18(17)20/h1-4,9,11H,5-8,10,12-16H2. The van der Waals surface area contributed by atoms with E-state index in [0.29, 0.717) is 0 Å². The molecule has 0 amide bonds. The number of fused-ring (bicyclic) bond motifs is 1. The van der Waals surface area contributed by atoms with Crippen molar-refractivity contribution in [2.75, 3.05) is 37.6 Å². The predicted molar refractivity (Wildman–Crippen MR) is 86.4 cm³/mol. The predicted octanol–water partition coefficient (Wildman–Crippen LogP) is 3.48. The van der Waals surface area contributed by atoms with E-state index in [1.807, 2.05) is 0 Å². The molecule has 2 nitrogen and oxygen atoms in total. The van der Waals surface area contributed by atoms with Gasteiger partial charge in [-0.2, -0.15) is 0 Å². The topological polar surface area (TPSA) is 6.48 Å². The van der Waals surface area contributed by atoms with Gasteiger partial charge in [0.05, 0.1) is 0 Å². The SMILES string of the molecule is C1=CCN(CCCCN2CCCc3ccccc32)CC1. The van der Waals surface area contributed by atoms with Crippen LogP contribution in [0.2, 0.25) is 0 Å². The third-order valence-electron chi connectivity index (χ3n) is 4.50. The van der Waals surface area contributed by atoms with E-state index >= 15 is 0 Å². The first kappa shape index (κ1) is 13.7. The van der Waals surface area contributed by atoms with Crippen LogP contribution in [-0.4, -0.2) is 37.6 Å². The molecule has 0 fully saturated rings. The molecule has 0 aliphatic carbocycles. The lowest BCUT2D eigenvalue weighted by atomic mass is 10.0. The third kappa shape index (κ3) is 3.43. The van der Waals surface area contributed by atoms with Crippen LogP contribution in [0.15, 0.2) is 36.4 Å². The number of rotatable bonds is 5. The molecule has 0 atom stereocenters. The summed E-state index contributed by atoms with van der Waals surface area (Å²) in [6.07, 6.45) is 11.1. The molecule has 2 aliphatic heterocycles. The molecule has 1 aromatic rings. The molecular weight excluding hydrogens is 244 g/mol. The second-order valence-electron chi connectivity index (χ2n) is 5.99. The van der Waals surface area contributed by atoms with E-state index in [1.54, 1.807) is 5.56 Å². The van der Waals surface area contributed by atoms with Crippen molar-refractivity contribution in [2.45, 2.75) is 32.1 Å². The second-order valence-corrected chi connectivity index (χ2v) is 5.99. The Balaban J connectivity index is 1.44. The van der Waals surface area contributed by atoms with E-state index < -0.39 is 0 Å². The van der Waals surface area contributed by atoms with Crippen LogP contribution < -0.4 is 4.90 Å². The summed E-state index contributed by atoms with van der Waals surface area (Å²) in [7, 11) is 0. The fourth-order valence-corrected chi connectivity index (χ4v) is 3.37. The van der Waals surface area contributed by atoms with Crippen LogP contribution in [0.4, 0.5) is 5.69 Å². The number of unbranched alkanes of at least 4 members (excludes halogenated alkanes) is 1. The Labute approximate surface area is 123 Å². The number of aryl methyl sites for hydroxylation is 1. The maximum Gasteiger partial charge on any atom is 0.0398 e. The van der Waals surface area contributed by atoms with E-state index in [0.717, 1.165) is 6.54 Å². The van der Waals surface area contributed by atoms with Gasteiger partial charge in [-0.25, -0.2) is 0 Å². The molecule has 2 aliphatic rings. The summed E-state index contributed by atoms with van der Waals surface area (Å²) >= 11 is 0. The molecule has 0 saturated heterocycles. The molecule has 0 N–H and O–H groups in total. The van der Waals surface area contributed by atoms with E-state index in [4.69, 9.17) is 0 Å². The van der Waals surface area contributed by atoms with Crippen LogP contribution in [0.1, 0.15) is 31.2 Å². The van der Waals surface area contributed by atoms with Crippen molar-refractivity contribution in [3.63, 3.8) is 0 Å². The van der Waals surface area contributed by atoms with Crippen molar-refractivity contribution in [1.82, 2.24) is 4.90 Å². The van der Waals surface area contributed by atoms with Crippen molar-refractivity contribution in [1.29, 1.82) is 0 Å². The Morgan fingerprint density at radius 1 is 0.950 bits per heavy atom. The van der Waals surface area contributed by atoms with Crippen molar-refractivity contribution in [3.05, 3.63) is 42.0 Å². The summed E-state index contributed by atoms with van der Waals surface area (Å²) in [6, 6.07) is 8.94. The van der Waals surface area contributed by atoms with Crippen LogP contribution in [-0.2, 0) is 6.42 Å². The zero-order valence-corrected chi connectivity index (χ0v) is 12.4. The average molecular weight is 270 g/mol. The fraction of sp³-hybridized carbons (Fsp3) is 0.556. The smallest absolute Gasteiger partial charge is 0.0398 e. The van der Waals surface area contributed by atoms with Gasteiger partial charge < -0.3 is 4.90 Å². The molecule has 0 spiro atoms. The van der Waals surface area contributed by atoms with Gasteiger partial charge in [0.1, 0.15) is 0 Å². The molecule has 2 heterocycles. The van der Waals surface area contributed by atoms with Crippen molar-refractivity contribution in [2.24, 2.45) is 0 Å². The number of hydrogen-bond acceptors (Lipinski definition) is 2. The summed E-state index contributed by atoms with van der Waals surface area (Å²) in [5.41, 5.74) is 3.03. The Hall–Kier alpha value is -1.28. The van der Waals surface area contributed by atoms with Gasteiger partial charge >= 0.3 is 0 Å². The maximum atomic E-state index is 2.59. The van der Waals surface area contributed by atoms with Gasteiger partial charge in [-0.1, -0.05) is 30.4 Å². The van der Waals surface area contributed by atoms with Gasteiger partial charge in [-0.15, -0.1) is 0 Å². The summed E-state index contributed by atoms with van der Waals surface area (Å²) in [5.74, 6) is 0. The van der Waals surface area contributed by atoms with E-state index in [-0.39, 0.29) is 0 Å². The zero-order chi connectivity index (χ0) is 13.6. The van der Waals surface area contributed by atoms with E-state index in [2.05, 4.69) is 46.2 Å². The largest absolute Gasteiger partial charge is 0.371 e. The monoisotopic (exact) mass is 270 g/mol. The van der Waals surface area contributed by atoms with Gasteiger partial charge in [0.2, 0.25) is 0 Å². The molecule has 0 bridgehead atoms. The molecule has 2 heteroatoms. The van der Waals surface area contributed by atoms with Crippen LogP contribution in [0, 0.1) is 0 Å². The minimum atomic E-state index is 1.16. The highest BCUT2D eigenvalue weighted by Crippen LogP contribution is 2.26.